The zero-order valence-corrected chi connectivity index (χ0v) is 14.6. The molecule has 0 fully saturated rings. The summed E-state index contributed by atoms with van der Waals surface area (Å²) in [5, 5.41) is 14.2. The number of nitrogens with two attached hydrogens (primary N) is 1. The van der Waals surface area contributed by atoms with Gasteiger partial charge in [-0.1, -0.05) is 26.0 Å². The maximum atomic E-state index is 12.2. The summed E-state index contributed by atoms with van der Waals surface area (Å²) < 4.78 is 0. The van der Waals surface area contributed by atoms with Crippen LogP contribution in [0.15, 0.2) is 60.3 Å². The van der Waals surface area contributed by atoms with Gasteiger partial charge in [0.15, 0.2) is 0 Å². The van der Waals surface area contributed by atoms with E-state index in [0.29, 0.717) is 22.9 Å². The fraction of sp³-hybridized carbons (Fsp3) is 0.150. The Labute approximate surface area is 152 Å². The number of hydrogen-bond acceptors (Lipinski definition) is 4. The number of nitrogen functional groups attached to an aromatic ring is 1. The van der Waals surface area contributed by atoms with Crippen LogP contribution in [0.2, 0.25) is 0 Å². The van der Waals surface area contributed by atoms with Gasteiger partial charge in [0.1, 0.15) is 11.6 Å². The van der Waals surface area contributed by atoms with Gasteiger partial charge in [-0.15, -0.1) is 0 Å². The number of carbonyl (C=O) groups excluding carboxylic acids is 2. The molecule has 2 aromatic rings. The van der Waals surface area contributed by atoms with Crippen molar-refractivity contribution < 1.29 is 9.59 Å². The van der Waals surface area contributed by atoms with Crippen molar-refractivity contribution in [1.82, 2.24) is 5.32 Å². The Kier molecular flexibility index (Phi) is 6.12. The second-order valence-electron chi connectivity index (χ2n) is 6.00. The number of nitrogens with zero attached hydrogens (tertiary/aromatic N) is 1. The number of nitrogens with one attached hydrogen (secondary N) is 2. The van der Waals surface area contributed by atoms with Crippen LogP contribution in [0.1, 0.15) is 35.7 Å². The topological polar surface area (TPSA) is 108 Å². The highest BCUT2D eigenvalue weighted by Gasteiger charge is 2.11. The number of hydrogen-bond donors (Lipinski definition) is 3. The normalized spacial score (nSPS) is 10.9. The third kappa shape index (κ3) is 4.95. The fourth-order valence-electron chi connectivity index (χ4n) is 2.15. The van der Waals surface area contributed by atoms with Crippen LogP contribution in [-0.4, -0.2) is 11.8 Å². The first-order valence-electron chi connectivity index (χ1n) is 8.08. The molecule has 2 aromatic carbocycles. The van der Waals surface area contributed by atoms with E-state index in [-0.39, 0.29) is 5.57 Å². The molecule has 6 nitrogen and oxygen atoms in total. The number of rotatable bonds is 5. The molecule has 2 amide bonds. The summed E-state index contributed by atoms with van der Waals surface area (Å²) in [6.45, 7) is 4.15. The molecule has 2 rings (SSSR count). The van der Waals surface area contributed by atoms with Crippen LogP contribution in [0.25, 0.3) is 0 Å². The number of nitriles is 1. The summed E-state index contributed by atoms with van der Waals surface area (Å²) in [5.41, 5.74) is 8.00. The molecule has 6 heteroatoms. The average Bonchev–Trinajstić information content (AvgIpc) is 2.63. The third-order valence-electron chi connectivity index (χ3n) is 3.72. The van der Waals surface area contributed by atoms with Crippen molar-refractivity contribution in [3.63, 3.8) is 0 Å². The molecule has 0 aromatic heterocycles. The predicted octanol–water partition coefficient (Wildman–Crippen LogP) is 3.17. The van der Waals surface area contributed by atoms with E-state index in [1.165, 1.54) is 0 Å². The van der Waals surface area contributed by atoms with E-state index in [1.54, 1.807) is 42.5 Å². The van der Waals surface area contributed by atoms with Crippen LogP contribution in [-0.2, 0) is 4.79 Å². The van der Waals surface area contributed by atoms with Gasteiger partial charge in [0.05, 0.1) is 0 Å². The van der Waals surface area contributed by atoms with Gasteiger partial charge in [0.25, 0.3) is 11.8 Å². The highest BCUT2D eigenvalue weighted by molar-refractivity contribution is 6.07. The van der Waals surface area contributed by atoms with Crippen LogP contribution in [0.3, 0.4) is 0 Å². The molecule has 26 heavy (non-hydrogen) atoms. The molecule has 0 spiro atoms. The molecule has 0 aliphatic rings. The summed E-state index contributed by atoms with van der Waals surface area (Å²) in [5.74, 6) is -0.646. The molecule has 0 saturated carbocycles. The van der Waals surface area contributed by atoms with Crippen molar-refractivity contribution in [1.29, 1.82) is 5.26 Å². The Hall–Kier alpha value is -3.59. The highest BCUT2D eigenvalue weighted by atomic mass is 16.2. The minimum absolute atomic E-state index is 0.207. The van der Waals surface area contributed by atoms with Crippen LogP contribution in [0.4, 0.5) is 11.4 Å². The smallest absolute Gasteiger partial charge is 0.267 e. The lowest BCUT2D eigenvalue weighted by molar-refractivity contribution is -0.112. The zero-order chi connectivity index (χ0) is 19.1. The van der Waals surface area contributed by atoms with Crippen molar-refractivity contribution in [3.05, 3.63) is 71.4 Å². The first-order chi connectivity index (χ1) is 12.4. The predicted molar refractivity (Wildman–Crippen MR) is 101 cm³/mol. The maximum Gasteiger partial charge on any atom is 0.267 e. The number of carbonyl (C=O) groups is 2. The lowest BCUT2D eigenvalue weighted by Crippen LogP contribution is -2.21. The van der Waals surface area contributed by atoms with E-state index in [1.807, 2.05) is 12.1 Å². The van der Waals surface area contributed by atoms with Crippen LogP contribution < -0.4 is 16.4 Å². The second kappa shape index (κ2) is 8.49. The van der Waals surface area contributed by atoms with E-state index in [2.05, 4.69) is 24.5 Å². The van der Waals surface area contributed by atoms with E-state index >= 15 is 0 Å². The molecule has 0 radical (unpaired) electrons. The van der Waals surface area contributed by atoms with Crippen molar-refractivity contribution in [2.45, 2.75) is 19.8 Å². The SMILES string of the molecule is CC(C)c1ccc(NC(=O)/C(C#N)=C\NC(=O)c2ccc(N)cc2)cc1. The molecule has 0 unspecified atom stereocenters. The molecule has 0 aliphatic carbocycles. The Morgan fingerprint density at radius 3 is 2.23 bits per heavy atom. The quantitative estimate of drug-likeness (QED) is 0.438. The minimum atomic E-state index is -0.595. The largest absolute Gasteiger partial charge is 0.399 e. The molecule has 0 aliphatic heterocycles. The van der Waals surface area contributed by atoms with Gasteiger partial charge in [-0.25, -0.2) is 0 Å². The van der Waals surface area contributed by atoms with Gasteiger partial charge >= 0.3 is 0 Å². The van der Waals surface area contributed by atoms with Crippen LogP contribution >= 0.6 is 0 Å². The van der Waals surface area contributed by atoms with Gasteiger partial charge in [-0.05, 0) is 47.9 Å². The lowest BCUT2D eigenvalue weighted by Gasteiger charge is -2.08. The molecule has 132 valence electrons. The number of amides is 2. The molecule has 4 N–H and O–H groups in total. The lowest BCUT2D eigenvalue weighted by atomic mass is 10.0. The van der Waals surface area contributed by atoms with E-state index < -0.39 is 11.8 Å². The molecule has 0 atom stereocenters. The maximum absolute atomic E-state index is 12.2. The van der Waals surface area contributed by atoms with Gasteiger partial charge in [-0.3, -0.25) is 9.59 Å². The summed E-state index contributed by atoms with van der Waals surface area (Å²) in [4.78, 5) is 24.2. The van der Waals surface area contributed by atoms with Gasteiger partial charge in [-0.2, -0.15) is 5.26 Å². The third-order valence-corrected chi connectivity index (χ3v) is 3.72. The molecule has 0 saturated heterocycles. The summed E-state index contributed by atoms with van der Waals surface area (Å²) in [6, 6.07) is 15.5. The molecule has 0 bridgehead atoms. The first kappa shape index (κ1) is 18.7. The minimum Gasteiger partial charge on any atom is -0.399 e. The Bertz CT molecular complexity index is 860. The Balaban J connectivity index is 2.03. The van der Waals surface area contributed by atoms with E-state index in [4.69, 9.17) is 11.0 Å². The second-order valence-corrected chi connectivity index (χ2v) is 6.00. The summed E-state index contributed by atoms with van der Waals surface area (Å²) >= 11 is 0. The summed E-state index contributed by atoms with van der Waals surface area (Å²) in [6.07, 6.45) is 1.09. The fourth-order valence-corrected chi connectivity index (χ4v) is 2.15. The van der Waals surface area contributed by atoms with Crippen molar-refractivity contribution in [2.75, 3.05) is 11.1 Å². The molecular formula is C20H20N4O2. The average molecular weight is 348 g/mol. The zero-order valence-electron chi connectivity index (χ0n) is 14.6. The summed E-state index contributed by atoms with van der Waals surface area (Å²) in [7, 11) is 0. The first-order valence-corrected chi connectivity index (χ1v) is 8.08. The van der Waals surface area contributed by atoms with Gasteiger partial charge in [0, 0.05) is 23.1 Å². The van der Waals surface area contributed by atoms with Crippen molar-refractivity contribution in [3.8, 4) is 6.07 Å². The van der Waals surface area contributed by atoms with Gasteiger partial charge in [0.2, 0.25) is 0 Å². The standard InChI is InChI=1S/C20H20N4O2/c1-13(2)14-5-9-18(10-6-14)24-20(26)16(11-21)12-23-19(25)15-3-7-17(22)8-4-15/h3-10,12-13H,22H2,1-2H3,(H,23,25)(H,24,26)/b16-12-. The molecule has 0 heterocycles. The highest BCUT2D eigenvalue weighted by Crippen LogP contribution is 2.17. The van der Waals surface area contributed by atoms with Gasteiger partial charge < -0.3 is 16.4 Å². The monoisotopic (exact) mass is 348 g/mol. The van der Waals surface area contributed by atoms with Crippen LogP contribution in [0.5, 0.6) is 0 Å². The molecular weight excluding hydrogens is 328 g/mol. The number of anilines is 2. The van der Waals surface area contributed by atoms with E-state index in [9.17, 15) is 9.59 Å². The van der Waals surface area contributed by atoms with Crippen molar-refractivity contribution >= 4 is 23.2 Å². The van der Waals surface area contributed by atoms with Crippen molar-refractivity contribution in [2.24, 2.45) is 0 Å². The van der Waals surface area contributed by atoms with Crippen LogP contribution in [0, 0.1) is 11.3 Å². The Morgan fingerprint density at radius 1 is 1.08 bits per heavy atom. The Morgan fingerprint density at radius 2 is 1.69 bits per heavy atom. The van der Waals surface area contributed by atoms with E-state index in [0.717, 1.165) is 11.8 Å². The number of benzene rings is 2.